The maximum atomic E-state index is 13.3. The summed E-state index contributed by atoms with van der Waals surface area (Å²) < 4.78 is 13.7. The Morgan fingerprint density at radius 2 is 1.97 bits per heavy atom. The van der Waals surface area contributed by atoms with Crippen LogP contribution in [0.5, 0.6) is 11.5 Å². The molecule has 0 aliphatic rings. The van der Waals surface area contributed by atoms with E-state index < -0.39 is 12.1 Å². The fourth-order valence-electron chi connectivity index (χ4n) is 3.09. The van der Waals surface area contributed by atoms with Crippen molar-refractivity contribution in [2.45, 2.75) is 39.2 Å². The van der Waals surface area contributed by atoms with Crippen LogP contribution >= 0.6 is 31.9 Å². The van der Waals surface area contributed by atoms with Gasteiger partial charge < -0.3 is 14.6 Å². The van der Waals surface area contributed by atoms with E-state index in [9.17, 15) is 14.7 Å². The lowest BCUT2D eigenvalue weighted by Crippen LogP contribution is -2.24. The van der Waals surface area contributed by atoms with Gasteiger partial charge in [0.2, 0.25) is 0 Å². The van der Waals surface area contributed by atoms with Crippen LogP contribution in [0.1, 0.15) is 44.5 Å². The molecule has 1 N–H and O–H groups in total. The Morgan fingerprint density at radius 1 is 1.24 bits per heavy atom. The molecule has 0 amide bonds. The number of nitrogens with zero attached hydrogens (tertiary/aromatic N) is 3. The number of aromatic nitrogens is 2. The van der Waals surface area contributed by atoms with Crippen molar-refractivity contribution in [3.05, 3.63) is 61.0 Å². The molecule has 3 aromatic rings. The number of hydrogen-bond acceptors (Lipinski definition) is 6. The Labute approximate surface area is 207 Å². The highest BCUT2D eigenvalue weighted by molar-refractivity contribution is 9.10. The molecule has 33 heavy (non-hydrogen) atoms. The smallest absolute Gasteiger partial charge is 0.344 e. The molecule has 0 saturated heterocycles. The standard InChI is InChI=1S/C23H23Br2N3O5/c1-5-12(2)21-27-18-7-6-15(24)9-17(18)22(29)28(21)26-11-14-8-16(25)10-19(32-4)20(14)33-13(3)23(30)31/h6-13H,5H2,1-4H3,(H,30,31)/t12-,13-/m1/s1. The number of methoxy groups -OCH3 is 1. The zero-order valence-corrected chi connectivity index (χ0v) is 21.7. The number of ether oxygens (including phenoxy) is 2. The Hall–Kier alpha value is -2.72. The molecular formula is C23H23Br2N3O5. The molecule has 0 fully saturated rings. The van der Waals surface area contributed by atoms with Crippen LogP contribution in [0.4, 0.5) is 0 Å². The molecule has 174 valence electrons. The molecule has 2 atom stereocenters. The predicted octanol–water partition coefficient (Wildman–Crippen LogP) is 5.18. The summed E-state index contributed by atoms with van der Waals surface area (Å²) in [7, 11) is 1.46. The fourth-order valence-corrected chi connectivity index (χ4v) is 3.90. The van der Waals surface area contributed by atoms with E-state index in [1.54, 1.807) is 24.3 Å². The predicted molar refractivity (Wildman–Crippen MR) is 134 cm³/mol. The van der Waals surface area contributed by atoms with Gasteiger partial charge in [-0.1, -0.05) is 45.7 Å². The summed E-state index contributed by atoms with van der Waals surface area (Å²) in [4.78, 5) is 29.4. The van der Waals surface area contributed by atoms with Crippen molar-refractivity contribution >= 4 is 54.9 Å². The summed E-state index contributed by atoms with van der Waals surface area (Å²) in [6, 6.07) is 8.70. The molecule has 3 rings (SSSR count). The van der Waals surface area contributed by atoms with Gasteiger partial charge in [0.25, 0.3) is 5.56 Å². The van der Waals surface area contributed by atoms with Crippen molar-refractivity contribution < 1.29 is 19.4 Å². The number of hydrogen-bond donors (Lipinski definition) is 1. The van der Waals surface area contributed by atoms with Gasteiger partial charge in [-0.2, -0.15) is 9.78 Å². The Morgan fingerprint density at radius 3 is 2.61 bits per heavy atom. The first kappa shape index (κ1) is 24.9. The van der Waals surface area contributed by atoms with Gasteiger partial charge in [0.1, 0.15) is 5.82 Å². The third-order valence-corrected chi connectivity index (χ3v) is 6.06. The zero-order valence-electron chi connectivity index (χ0n) is 18.5. The zero-order chi connectivity index (χ0) is 24.3. The number of carbonyl (C=O) groups is 1. The van der Waals surface area contributed by atoms with Crippen LogP contribution in [-0.2, 0) is 4.79 Å². The summed E-state index contributed by atoms with van der Waals surface area (Å²) in [6.45, 7) is 5.40. The van der Waals surface area contributed by atoms with Crippen LogP contribution in [0.2, 0.25) is 0 Å². The Balaban J connectivity index is 2.21. The van der Waals surface area contributed by atoms with E-state index in [-0.39, 0.29) is 17.2 Å². The van der Waals surface area contributed by atoms with Gasteiger partial charge >= 0.3 is 5.97 Å². The normalized spacial score (nSPS) is 13.3. The maximum Gasteiger partial charge on any atom is 0.344 e. The van der Waals surface area contributed by atoms with Crippen LogP contribution in [0, 0.1) is 0 Å². The first-order valence-corrected chi connectivity index (χ1v) is 11.8. The summed E-state index contributed by atoms with van der Waals surface area (Å²) in [5.41, 5.74) is 0.718. The third kappa shape index (κ3) is 5.44. The van der Waals surface area contributed by atoms with Gasteiger partial charge in [0.15, 0.2) is 17.6 Å². The molecule has 0 radical (unpaired) electrons. The van der Waals surface area contributed by atoms with Gasteiger partial charge in [-0.05, 0) is 43.7 Å². The first-order valence-electron chi connectivity index (χ1n) is 10.2. The lowest BCUT2D eigenvalue weighted by molar-refractivity contribution is -0.144. The second-order valence-electron chi connectivity index (χ2n) is 7.43. The first-order chi connectivity index (χ1) is 15.7. The number of halogens is 2. The van der Waals surface area contributed by atoms with E-state index >= 15 is 0 Å². The SMILES string of the molecule is CC[C@@H](C)c1nc2ccc(Br)cc2c(=O)n1N=Cc1cc(Br)cc(OC)c1O[C@H](C)C(=O)O. The number of aliphatic carboxylic acids is 1. The van der Waals surface area contributed by atoms with E-state index in [0.29, 0.717) is 32.5 Å². The number of benzene rings is 2. The lowest BCUT2D eigenvalue weighted by Gasteiger charge is -2.17. The highest BCUT2D eigenvalue weighted by Crippen LogP contribution is 2.35. The number of rotatable bonds is 8. The Bertz CT molecular complexity index is 1290. The van der Waals surface area contributed by atoms with Crippen LogP contribution in [0.15, 0.2) is 49.2 Å². The minimum Gasteiger partial charge on any atom is -0.493 e. The van der Waals surface area contributed by atoms with Crippen LogP contribution in [0.3, 0.4) is 0 Å². The highest BCUT2D eigenvalue weighted by atomic mass is 79.9. The van der Waals surface area contributed by atoms with Crippen LogP contribution in [-0.4, -0.2) is 40.2 Å². The van der Waals surface area contributed by atoms with E-state index in [0.717, 1.165) is 10.9 Å². The molecule has 10 heteroatoms. The van der Waals surface area contributed by atoms with Crippen molar-refractivity contribution in [1.29, 1.82) is 0 Å². The summed E-state index contributed by atoms with van der Waals surface area (Å²) in [6.07, 6.45) is 1.08. The molecular weight excluding hydrogens is 558 g/mol. The van der Waals surface area contributed by atoms with Crippen molar-refractivity contribution in [3.8, 4) is 11.5 Å². The van der Waals surface area contributed by atoms with Gasteiger partial charge in [-0.25, -0.2) is 9.78 Å². The quantitative estimate of drug-likeness (QED) is 0.368. The van der Waals surface area contributed by atoms with E-state index in [1.165, 1.54) is 24.9 Å². The monoisotopic (exact) mass is 579 g/mol. The molecule has 0 spiro atoms. The topological polar surface area (TPSA) is 103 Å². The van der Waals surface area contributed by atoms with E-state index in [4.69, 9.17) is 14.5 Å². The van der Waals surface area contributed by atoms with Gasteiger partial charge in [0, 0.05) is 20.4 Å². The van der Waals surface area contributed by atoms with Gasteiger partial charge in [-0.3, -0.25) is 4.79 Å². The lowest BCUT2D eigenvalue weighted by atomic mass is 10.1. The Kier molecular flexibility index (Phi) is 7.91. The van der Waals surface area contributed by atoms with Crippen molar-refractivity contribution in [3.63, 3.8) is 0 Å². The largest absolute Gasteiger partial charge is 0.493 e. The van der Waals surface area contributed by atoms with Crippen LogP contribution in [0.25, 0.3) is 10.9 Å². The molecule has 0 aliphatic heterocycles. The second kappa shape index (κ2) is 10.5. The number of carboxylic acids is 1. The molecule has 8 nitrogen and oxygen atoms in total. The maximum absolute atomic E-state index is 13.3. The summed E-state index contributed by atoms with van der Waals surface area (Å²) >= 11 is 6.81. The minimum absolute atomic E-state index is 0.0253. The summed E-state index contributed by atoms with van der Waals surface area (Å²) in [5.74, 6) is -0.0926. The molecule has 2 aromatic carbocycles. The molecule has 0 saturated carbocycles. The van der Waals surface area contributed by atoms with E-state index in [1.807, 2.05) is 19.9 Å². The average molecular weight is 581 g/mol. The van der Waals surface area contributed by atoms with Crippen molar-refractivity contribution in [1.82, 2.24) is 9.66 Å². The van der Waals surface area contributed by atoms with Crippen LogP contribution < -0.4 is 15.0 Å². The van der Waals surface area contributed by atoms with Gasteiger partial charge in [-0.15, -0.1) is 0 Å². The van der Waals surface area contributed by atoms with Gasteiger partial charge in [0.05, 0.1) is 24.2 Å². The fraction of sp³-hybridized carbons (Fsp3) is 0.304. The van der Waals surface area contributed by atoms with E-state index in [2.05, 4.69) is 37.0 Å². The molecule has 0 unspecified atom stereocenters. The average Bonchev–Trinajstić information content (AvgIpc) is 2.79. The second-order valence-corrected chi connectivity index (χ2v) is 9.26. The molecule has 0 bridgehead atoms. The third-order valence-electron chi connectivity index (χ3n) is 5.11. The highest BCUT2D eigenvalue weighted by Gasteiger charge is 2.20. The minimum atomic E-state index is -1.12. The number of fused-ring (bicyclic) bond motifs is 1. The number of carboxylic acid groups (broad SMARTS) is 1. The van der Waals surface area contributed by atoms with Crippen molar-refractivity contribution in [2.24, 2.45) is 5.10 Å². The summed E-state index contributed by atoms with van der Waals surface area (Å²) in [5, 5.41) is 14.2. The molecule has 0 aliphatic carbocycles. The van der Waals surface area contributed by atoms with Crippen molar-refractivity contribution in [2.75, 3.05) is 7.11 Å². The molecule has 1 aromatic heterocycles. The molecule has 1 heterocycles.